The molecule has 0 saturated carbocycles. The Bertz CT molecular complexity index is 833. The summed E-state index contributed by atoms with van der Waals surface area (Å²) in [6.45, 7) is 3.22. The van der Waals surface area contributed by atoms with Crippen molar-refractivity contribution in [2.24, 2.45) is 5.73 Å². The molecule has 0 unspecified atom stereocenters. The zero-order chi connectivity index (χ0) is 21.9. The van der Waals surface area contributed by atoms with E-state index in [1.165, 1.54) is 11.1 Å². The first kappa shape index (κ1) is 25.8. The largest absolute Gasteiger partial charge is 0.378 e. The van der Waals surface area contributed by atoms with E-state index < -0.39 is 6.04 Å². The van der Waals surface area contributed by atoms with Crippen molar-refractivity contribution in [3.05, 3.63) is 60.2 Å². The minimum atomic E-state index is -0.394. The van der Waals surface area contributed by atoms with Crippen LogP contribution in [-0.4, -0.2) is 62.1 Å². The van der Waals surface area contributed by atoms with Gasteiger partial charge in [-0.25, -0.2) is 0 Å². The number of hydrogen-bond acceptors (Lipinski definition) is 5. The van der Waals surface area contributed by atoms with E-state index >= 15 is 0 Å². The van der Waals surface area contributed by atoms with Crippen molar-refractivity contribution >= 4 is 24.2 Å². The maximum absolute atomic E-state index is 12.6. The van der Waals surface area contributed by atoms with Crippen LogP contribution in [0.5, 0.6) is 0 Å². The molecule has 2 aromatic carbocycles. The van der Waals surface area contributed by atoms with Crippen molar-refractivity contribution in [1.29, 1.82) is 0 Å². The lowest BCUT2D eigenvalue weighted by atomic mass is 10.0. The molecular formula is C24H33ClN4O3. The van der Waals surface area contributed by atoms with Crippen LogP contribution in [-0.2, 0) is 20.9 Å². The summed E-state index contributed by atoms with van der Waals surface area (Å²) in [5, 5.41) is 6.06. The number of carbonyl (C=O) groups is 2. The molecule has 1 aliphatic rings. The summed E-state index contributed by atoms with van der Waals surface area (Å²) in [6.07, 6.45) is 1.54. The van der Waals surface area contributed by atoms with E-state index in [2.05, 4.69) is 47.0 Å². The van der Waals surface area contributed by atoms with Crippen LogP contribution < -0.4 is 16.4 Å². The maximum atomic E-state index is 12.6. The number of halogens is 1. The van der Waals surface area contributed by atoms with Crippen molar-refractivity contribution < 1.29 is 14.3 Å². The number of amides is 2. The fourth-order valence-electron chi connectivity index (χ4n) is 3.75. The predicted octanol–water partition coefficient (Wildman–Crippen LogP) is 1.95. The normalized spacial score (nSPS) is 15.3. The highest BCUT2D eigenvalue weighted by Gasteiger charge is 2.33. The van der Waals surface area contributed by atoms with Crippen LogP contribution in [0.2, 0.25) is 0 Å². The molecule has 1 aliphatic heterocycles. The molecule has 1 heterocycles. The highest BCUT2D eigenvalue weighted by Crippen LogP contribution is 2.19. The Hall–Kier alpha value is -2.45. The number of nitrogens with one attached hydrogen (secondary N) is 2. The van der Waals surface area contributed by atoms with E-state index in [-0.39, 0.29) is 30.8 Å². The zero-order valence-electron chi connectivity index (χ0n) is 18.3. The van der Waals surface area contributed by atoms with Crippen LogP contribution in [0.15, 0.2) is 54.6 Å². The molecule has 0 aliphatic carbocycles. The van der Waals surface area contributed by atoms with Crippen molar-refractivity contribution in [3.8, 4) is 11.1 Å². The van der Waals surface area contributed by atoms with E-state index in [0.29, 0.717) is 45.8 Å². The molecule has 8 heteroatoms. The second kappa shape index (κ2) is 13.9. The standard InChI is InChI=1S/C24H32N4O3.ClH/c25-12-15-31-16-13-27-24(30)22-7-4-14-28(22)23(29)18-26-17-19-8-10-21(11-9-19)20-5-2-1-3-6-20;/h1-3,5-6,8-11,22,26H,4,7,12-18,25H2,(H,27,30);1H/t22-;/m0./s1. The summed E-state index contributed by atoms with van der Waals surface area (Å²) >= 11 is 0. The minimum absolute atomic E-state index is 0. The Kier molecular flexibility index (Phi) is 11.2. The molecule has 1 fully saturated rings. The van der Waals surface area contributed by atoms with E-state index in [4.69, 9.17) is 10.5 Å². The summed E-state index contributed by atoms with van der Waals surface area (Å²) in [6, 6.07) is 18.1. The second-order valence-corrected chi connectivity index (χ2v) is 7.60. The lowest BCUT2D eigenvalue weighted by Gasteiger charge is -2.24. The van der Waals surface area contributed by atoms with E-state index in [9.17, 15) is 9.59 Å². The third-order valence-corrected chi connectivity index (χ3v) is 5.35. The van der Waals surface area contributed by atoms with Crippen LogP contribution in [0.1, 0.15) is 18.4 Å². The van der Waals surface area contributed by atoms with E-state index in [1.54, 1.807) is 4.90 Å². The van der Waals surface area contributed by atoms with Gasteiger partial charge in [-0.05, 0) is 29.5 Å². The Morgan fingerprint density at radius 1 is 1.03 bits per heavy atom. The Morgan fingerprint density at radius 3 is 2.47 bits per heavy atom. The first-order chi connectivity index (χ1) is 15.2. The van der Waals surface area contributed by atoms with E-state index in [1.807, 2.05) is 18.2 Å². The Morgan fingerprint density at radius 2 is 1.75 bits per heavy atom. The molecule has 2 amide bonds. The van der Waals surface area contributed by atoms with Gasteiger partial charge in [0.05, 0.1) is 19.8 Å². The highest BCUT2D eigenvalue weighted by molar-refractivity contribution is 5.89. The number of nitrogens with two attached hydrogens (primary N) is 1. The second-order valence-electron chi connectivity index (χ2n) is 7.60. The molecule has 1 saturated heterocycles. The maximum Gasteiger partial charge on any atom is 0.242 e. The summed E-state index contributed by atoms with van der Waals surface area (Å²) < 4.78 is 5.27. The van der Waals surface area contributed by atoms with Gasteiger partial charge in [-0.1, -0.05) is 54.6 Å². The number of hydrogen-bond donors (Lipinski definition) is 3. The molecule has 1 atom stereocenters. The van der Waals surface area contributed by atoms with Gasteiger partial charge in [0.15, 0.2) is 0 Å². The Labute approximate surface area is 196 Å². The fourth-order valence-corrected chi connectivity index (χ4v) is 3.75. The van der Waals surface area contributed by atoms with Gasteiger partial charge in [0.2, 0.25) is 11.8 Å². The van der Waals surface area contributed by atoms with Gasteiger partial charge in [-0.3, -0.25) is 9.59 Å². The number of carbonyl (C=O) groups excluding carboxylic acids is 2. The van der Waals surface area contributed by atoms with Crippen molar-refractivity contribution in [2.45, 2.75) is 25.4 Å². The molecule has 4 N–H and O–H groups in total. The molecule has 0 bridgehead atoms. The lowest BCUT2D eigenvalue weighted by Crippen LogP contribution is -2.48. The molecule has 3 rings (SSSR count). The first-order valence-electron chi connectivity index (χ1n) is 10.9. The summed E-state index contributed by atoms with van der Waals surface area (Å²) in [7, 11) is 0. The minimum Gasteiger partial charge on any atom is -0.378 e. The van der Waals surface area contributed by atoms with Gasteiger partial charge >= 0.3 is 0 Å². The monoisotopic (exact) mass is 460 g/mol. The van der Waals surface area contributed by atoms with Crippen LogP contribution in [0.3, 0.4) is 0 Å². The van der Waals surface area contributed by atoms with Gasteiger partial charge in [0, 0.05) is 26.2 Å². The van der Waals surface area contributed by atoms with Gasteiger partial charge < -0.3 is 26.0 Å². The van der Waals surface area contributed by atoms with Crippen molar-refractivity contribution in [1.82, 2.24) is 15.5 Å². The first-order valence-corrected chi connectivity index (χ1v) is 10.9. The van der Waals surface area contributed by atoms with E-state index in [0.717, 1.165) is 12.0 Å². The molecule has 174 valence electrons. The van der Waals surface area contributed by atoms with Gasteiger partial charge in [0.1, 0.15) is 6.04 Å². The fraction of sp³-hybridized carbons (Fsp3) is 0.417. The lowest BCUT2D eigenvalue weighted by molar-refractivity contribution is -0.137. The topological polar surface area (TPSA) is 96.7 Å². The zero-order valence-corrected chi connectivity index (χ0v) is 19.1. The highest BCUT2D eigenvalue weighted by atomic mass is 35.5. The van der Waals surface area contributed by atoms with Gasteiger partial charge in [-0.2, -0.15) is 0 Å². The number of rotatable bonds is 11. The molecule has 2 aromatic rings. The molecule has 0 aromatic heterocycles. The molecule has 0 radical (unpaired) electrons. The van der Waals surface area contributed by atoms with Crippen molar-refractivity contribution in [3.63, 3.8) is 0 Å². The third kappa shape index (κ3) is 7.60. The third-order valence-electron chi connectivity index (χ3n) is 5.35. The van der Waals surface area contributed by atoms with Crippen molar-refractivity contribution in [2.75, 3.05) is 39.4 Å². The van der Waals surface area contributed by atoms with Crippen LogP contribution in [0.25, 0.3) is 11.1 Å². The average Bonchev–Trinajstić information content (AvgIpc) is 3.30. The predicted molar refractivity (Wildman–Crippen MR) is 128 cm³/mol. The molecule has 32 heavy (non-hydrogen) atoms. The summed E-state index contributed by atoms with van der Waals surface area (Å²) in [5.41, 5.74) is 8.83. The number of benzene rings is 2. The van der Waals surface area contributed by atoms with Crippen LogP contribution in [0.4, 0.5) is 0 Å². The van der Waals surface area contributed by atoms with Gasteiger partial charge in [0.25, 0.3) is 0 Å². The Balaban J connectivity index is 0.00000363. The number of likely N-dealkylation sites (tertiary alicyclic amines) is 1. The number of nitrogens with zero attached hydrogens (tertiary/aromatic N) is 1. The van der Waals surface area contributed by atoms with Gasteiger partial charge in [-0.15, -0.1) is 12.4 Å². The summed E-state index contributed by atoms with van der Waals surface area (Å²) in [5.74, 6) is -0.156. The van der Waals surface area contributed by atoms with Crippen LogP contribution >= 0.6 is 12.4 Å². The summed E-state index contributed by atoms with van der Waals surface area (Å²) in [4.78, 5) is 26.8. The number of ether oxygens (including phenoxy) is 1. The molecule has 7 nitrogen and oxygen atoms in total. The van der Waals surface area contributed by atoms with Crippen LogP contribution in [0, 0.1) is 0 Å². The average molecular weight is 461 g/mol. The SMILES string of the molecule is Cl.NCCOCCNC(=O)[C@@H]1CCCN1C(=O)CNCc1ccc(-c2ccccc2)cc1. The molecular weight excluding hydrogens is 428 g/mol. The quantitative estimate of drug-likeness (QED) is 0.445. The molecule has 0 spiro atoms. The smallest absolute Gasteiger partial charge is 0.242 e.